The maximum absolute atomic E-state index is 12.2. The van der Waals surface area contributed by atoms with Crippen LogP contribution in [0.1, 0.15) is 38.3 Å². The summed E-state index contributed by atoms with van der Waals surface area (Å²) in [6.45, 7) is 4.89. The Balaban J connectivity index is 1.58. The molecule has 2 fully saturated rings. The molecule has 2 aliphatic rings. The van der Waals surface area contributed by atoms with Crippen LogP contribution in [0.25, 0.3) is 0 Å². The molecule has 0 bridgehead atoms. The number of nitrogens with zero attached hydrogens (tertiary/aromatic N) is 3. The van der Waals surface area contributed by atoms with Crippen LogP contribution in [-0.2, 0) is 16.0 Å². The second kappa shape index (κ2) is 6.10. The molecule has 0 atom stereocenters. The van der Waals surface area contributed by atoms with Gasteiger partial charge >= 0.3 is 0 Å². The topological polar surface area (TPSA) is 69.3 Å². The van der Waals surface area contributed by atoms with E-state index in [0.717, 1.165) is 57.6 Å². The molecule has 1 aromatic rings. The largest absolute Gasteiger partial charge is 0.348 e. The van der Waals surface area contributed by atoms with Crippen molar-refractivity contribution in [1.29, 1.82) is 0 Å². The first-order chi connectivity index (χ1) is 10.6. The standard InChI is InChI=1S/C16H24N4O2/c1-13(21)19-8-5-16(6-9-19)4-2-15(22)20(11-16)7-3-14-10-17-12-18-14/h10,12H,2-9,11H2,1H3,(H,17,18). The van der Waals surface area contributed by atoms with Crippen molar-refractivity contribution >= 4 is 11.8 Å². The minimum Gasteiger partial charge on any atom is -0.348 e. The molecule has 0 aliphatic carbocycles. The molecular weight excluding hydrogens is 280 g/mol. The average molecular weight is 304 g/mol. The number of rotatable bonds is 3. The van der Waals surface area contributed by atoms with Crippen molar-refractivity contribution in [3.63, 3.8) is 0 Å². The maximum Gasteiger partial charge on any atom is 0.222 e. The fourth-order valence-corrected chi connectivity index (χ4v) is 3.69. The summed E-state index contributed by atoms with van der Waals surface area (Å²) in [5.74, 6) is 0.428. The van der Waals surface area contributed by atoms with E-state index in [1.165, 1.54) is 0 Å². The number of H-pyrrole nitrogens is 1. The fourth-order valence-electron chi connectivity index (χ4n) is 3.69. The lowest BCUT2D eigenvalue weighted by Gasteiger charge is -2.47. The van der Waals surface area contributed by atoms with Gasteiger partial charge in [-0.25, -0.2) is 4.98 Å². The highest BCUT2D eigenvalue weighted by Gasteiger charge is 2.41. The Morgan fingerprint density at radius 3 is 2.77 bits per heavy atom. The summed E-state index contributed by atoms with van der Waals surface area (Å²) in [7, 11) is 0. The normalized spacial score (nSPS) is 21.4. The minimum atomic E-state index is 0.165. The predicted octanol–water partition coefficient (Wildman–Crippen LogP) is 1.20. The van der Waals surface area contributed by atoms with Crippen LogP contribution in [0.5, 0.6) is 0 Å². The van der Waals surface area contributed by atoms with Gasteiger partial charge in [0, 0.05) is 57.8 Å². The van der Waals surface area contributed by atoms with Crippen molar-refractivity contribution in [2.75, 3.05) is 26.2 Å². The molecule has 0 aromatic carbocycles. The van der Waals surface area contributed by atoms with Crippen molar-refractivity contribution in [2.24, 2.45) is 5.41 Å². The highest BCUT2D eigenvalue weighted by atomic mass is 16.2. The number of piperidine rings is 2. The summed E-state index contributed by atoms with van der Waals surface area (Å²) in [6, 6.07) is 0. The van der Waals surface area contributed by atoms with Crippen LogP contribution in [-0.4, -0.2) is 57.8 Å². The van der Waals surface area contributed by atoms with Crippen molar-refractivity contribution in [1.82, 2.24) is 19.8 Å². The molecule has 3 heterocycles. The van der Waals surface area contributed by atoms with Crippen LogP contribution in [0.2, 0.25) is 0 Å². The Morgan fingerprint density at radius 1 is 1.36 bits per heavy atom. The van der Waals surface area contributed by atoms with E-state index in [1.54, 1.807) is 13.3 Å². The molecule has 3 rings (SSSR count). The van der Waals surface area contributed by atoms with Gasteiger partial charge in [0.05, 0.1) is 6.33 Å². The fraction of sp³-hybridized carbons (Fsp3) is 0.688. The van der Waals surface area contributed by atoms with Crippen LogP contribution in [0.15, 0.2) is 12.5 Å². The molecule has 0 saturated carbocycles. The summed E-state index contributed by atoms with van der Waals surface area (Å²) in [4.78, 5) is 34.7. The van der Waals surface area contributed by atoms with Crippen LogP contribution in [0, 0.1) is 5.41 Å². The number of hydrogen-bond acceptors (Lipinski definition) is 3. The molecule has 6 nitrogen and oxygen atoms in total. The molecule has 2 aliphatic heterocycles. The van der Waals surface area contributed by atoms with E-state index in [0.29, 0.717) is 6.42 Å². The summed E-state index contributed by atoms with van der Waals surface area (Å²) in [5.41, 5.74) is 1.28. The third-order valence-electron chi connectivity index (χ3n) is 5.22. The molecule has 1 aromatic heterocycles. The Bertz CT molecular complexity index is 532. The molecule has 1 spiro atoms. The van der Waals surface area contributed by atoms with Crippen LogP contribution in [0.4, 0.5) is 0 Å². The van der Waals surface area contributed by atoms with E-state index in [4.69, 9.17) is 0 Å². The highest BCUT2D eigenvalue weighted by molar-refractivity contribution is 5.77. The lowest BCUT2D eigenvalue weighted by Crippen LogP contribution is -2.52. The van der Waals surface area contributed by atoms with Crippen molar-refractivity contribution in [3.8, 4) is 0 Å². The van der Waals surface area contributed by atoms with Gasteiger partial charge in [-0.2, -0.15) is 0 Å². The molecule has 2 amide bonds. The van der Waals surface area contributed by atoms with Crippen LogP contribution >= 0.6 is 0 Å². The van der Waals surface area contributed by atoms with Gasteiger partial charge in [-0.3, -0.25) is 9.59 Å². The second-order valence-corrected chi connectivity index (χ2v) is 6.65. The van der Waals surface area contributed by atoms with Gasteiger partial charge in [0.2, 0.25) is 11.8 Å². The van der Waals surface area contributed by atoms with Gasteiger partial charge in [-0.05, 0) is 24.7 Å². The van der Waals surface area contributed by atoms with Gasteiger partial charge in [0.25, 0.3) is 0 Å². The zero-order chi connectivity index (χ0) is 15.6. The lowest BCUT2D eigenvalue weighted by atomic mass is 9.72. The molecule has 22 heavy (non-hydrogen) atoms. The van der Waals surface area contributed by atoms with Gasteiger partial charge in [-0.15, -0.1) is 0 Å². The molecular formula is C16H24N4O2. The third-order valence-corrected chi connectivity index (χ3v) is 5.22. The first kappa shape index (κ1) is 15.1. The number of likely N-dealkylation sites (tertiary alicyclic amines) is 2. The molecule has 2 saturated heterocycles. The highest BCUT2D eigenvalue weighted by Crippen LogP contribution is 2.40. The first-order valence-corrected chi connectivity index (χ1v) is 8.09. The van der Waals surface area contributed by atoms with Gasteiger partial charge in [0.1, 0.15) is 0 Å². The Morgan fingerprint density at radius 2 is 2.14 bits per heavy atom. The molecule has 0 unspecified atom stereocenters. The number of amides is 2. The summed E-state index contributed by atoms with van der Waals surface area (Å²) >= 11 is 0. The number of hydrogen-bond donors (Lipinski definition) is 1. The second-order valence-electron chi connectivity index (χ2n) is 6.65. The Hall–Kier alpha value is -1.85. The molecule has 1 N–H and O–H groups in total. The lowest BCUT2D eigenvalue weighted by molar-refractivity contribution is -0.141. The average Bonchev–Trinajstić information content (AvgIpc) is 3.02. The van der Waals surface area contributed by atoms with E-state index < -0.39 is 0 Å². The summed E-state index contributed by atoms with van der Waals surface area (Å²) in [6.07, 6.45) is 7.95. The van der Waals surface area contributed by atoms with Gasteiger partial charge in [-0.1, -0.05) is 0 Å². The molecule has 6 heteroatoms. The smallest absolute Gasteiger partial charge is 0.222 e. The molecule has 120 valence electrons. The van der Waals surface area contributed by atoms with Crippen molar-refractivity contribution in [3.05, 3.63) is 18.2 Å². The van der Waals surface area contributed by atoms with Crippen LogP contribution in [0.3, 0.4) is 0 Å². The number of aromatic amines is 1. The summed E-state index contributed by atoms with van der Waals surface area (Å²) in [5, 5.41) is 0. The van der Waals surface area contributed by atoms with E-state index in [-0.39, 0.29) is 17.2 Å². The third kappa shape index (κ3) is 3.15. The number of carbonyl (C=O) groups is 2. The monoisotopic (exact) mass is 304 g/mol. The van der Waals surface area contributed by atoms with E-state index in [2.05, 4.69) is 9.97 Å². The zero-order valence-electron chi connectivity index (χ0n) is 13.2. The van der Waals surface area contributed by atoms with E-state index in [1.807, 2.05) is 16.0 Å². The van der Waals surface area contributed by atoms with Crippen molar-refractivity contribution in [2.45, 2.75) is 39.0 Å². The quantitative estimate of drug-likeness (QED) is 0.912. The molecule has 0 radical (unpaired) electrons. The predicted molar refractivity (Wildman–Crippen MR) is 82.0 cm³/mol. The maximum atomic E-state index is 12.2. The van der Waals surface area contributed by atoms with Gasteiger partial charge < -0.3 is 14.8 Å². The first-order valence-electron chi connectivity index (χ1n) is 8.09. The Kier molecular flexibility index (Phi) is 4.18. The van der Waals surface area contributed by atoms with Gasteiger partial charge in [0.15, 0.2) is 0 Å². The number of aromatic nitrogens is 2. The Labute approximate surface area is 130 Å². The number of imidazole rings is 1. The SMILES string of the molecule is CC(=O)N1CCC2(CCC(=O)N(CCc3cnc[nH]3)C2)CC1. The van der Waals surface area contributed by atoms with E-state index >= 15 is 0 Å². The number of nitrogens with one attached hydrogen (secondary N) is 1. The van der Waals surface area contributed by atoms with E-state index in [9.17, 15) is 9.59 Å². The zero-order valence-corrected chi connectivity index (χ0v) is 13.2. The summed E-state index contributed by atoms with van der Waals surface area (Å²) < 4.78 is 0. The van der Waals surface area contributed by atoms with Crippen LogP contribution < -0.4 is 0 Å². The minimum absolute atomic E-state index is 0.165. The number of carbonyl (C=O) groups excluding carboxylic acids is 2. The van der Waals surface area contributed by atoms with Crippen molar-refractivity contribution < 1.29 is 9.59 Å².